The van der Waals surface area contributed by atoms with Crippen molar-refractivity contribution in [1.82, 2.24) is 24.5 Å². The highest BCUT2D eigenvalue weighted by Crippen LogP contribution is 2.25. The van der Waals surface area contributed by atoms with Gasteiger partial charge >= 0.3 is 0 Å². The lowest BCUT2D eigenvalue weighted by Crippen LogP contribution is -2.37. The summed E-state index contributed by atoms with van der Waals surface area (Å²) in [5, 5.41) is 8.48. The summed E-state index contributed by atoms with van der Waals surface area (Å²) in [7, 11) is 3.59. The Kier molecular flexibility index (Phi) is 4.74. The van der Waals surface area contributed by atoms with Gasteiger partial charge in [0, 0.05) is 39.3 Å². The maximum absolute atomic E-state index is 13.0. The quantitative estimate of drug-likeness (QED) is 0.780. The molecule has 3 rings (SSSR count). The summed E-state index contributed by atoms with van der Waals surface area (Å²) in [5.74, 6) is 0.267. The minimum absolute atomic E-state index is 0.0330. The minimum atomic E-state index is -0.0578. The van der Waals surface area contributed by atoms with Crippen molar-refractivity contribution < 1.29 is 9.59 Å². The average molecular weight is 343 g/mol. The summed E-state index contributed by atoms with van der Waals surface area (Å²) in [6, 6.07) is 1.81. The topological polar surface area (TPSA) is 73.0 Å². The van der Waals surface area contributed by atoms with Gasteiger partial charge in [-0.2, -0.15) is 10.2 Å². The van der Waals surface area contributed by atoms with Gasteiger partial charge in [0.1, 0.15) is 5.69 Å². The second-order valence-electron chi connectivity index (χ2n) is 7.06. The molecule has 1 saturated heterocycles. The summed E-state index contributed by atoms with van der Waals surface area (Å²) in [6.45, 7) is 4.80. The van der Waals surface area contributed by atoms with Crippen LogP contribution in [0.3, 0.4) is 0 Å². The number of nitrogens with zero attached hydrogens (tertiary/aromatic N) is 5. The number of carbonyl (C=O) groups excluding carboxylic acids is 2. The molecule has 0 saturated carbocycles. The molecule has 1 amide bonds. The Morgan fingerprint density at radius 3 is 2.68 bits per heavy atom. The molecule has 7 nitrogen and oxygen atoms in total. The lowest BCUT2D eigenvalue weighted by Gasteiger charge is -2.24. The third-order valence-corrected chi connectivity index (χ3v) is 4.80. The van der Waals surface area contributed by atoms with Crippen molar-refractivity contribution in [3.05, 3.63) is 35.4 Å². The number of ketones is 1. The zero-order valence-electron chi connectivity index (χ0n) is 15.3. The molecule has 1 atom stereocenters. The molecule has 0 radical (unpaired) electrons. The van der Waals surface area contributed by atoms with Crippen LogP contribution in [-0.4, -0.2) is 48.7 Å². The standard InChI is InChI=1S/C18H25N5O2/c1-12(2)15-9-16(22(4)20-15)18(25)23-7-5-6-14(23)8-17(24)13-10-19-21(3)11-13/h9-12,14H,5-8H2,1-4H3/t14-/m1/s1. The molecule has 134 valence electrons. The number of hydrogen-bond acceptors (Lipinski definition) is 4. The molecule has 0 unspecified atom stereocenters. The molecule has 1 fully saturated rings. The highest BCUT2D eigenvalue weighted by atomic mass is 16.2. The molecule has 2 aromatic heterocycles. The zero-order chi connectivity index (χ0) is 18.1. The van der Waals surface area contributed by atoms with Crippen LogP contribution >= 0.6 is 0 Å². The largest absolute Gasteiger partial charge is 0.334 e. The number of hydrogen-bond donors (Lipinski definition) is 0. The van der Waals surface area contributed by atoms with Crippen LogP contribution in [0.25, 0.3) is 0 Å². The van der Waals surface area contributed by atoms with Gasteiger partial charge in [0.05, 0.1) is 17.5 Å². The summed E-state index contributed by atoms with van der Waals surface area (Å²) < 4.78 is 3.27. The van der Waals surface area contributed by atoms with E-state index in [0.717, 1.165) is 18.5 Å². The number of aromatic nitrogens is 4. The van der Waals surface area contributed by atoms with E-state index in [1.807, 2.05) is 11.0 Å². The van der Waals surface area contributed by atoms with E-state index in [1.54, 1.807) is 35.9 Å². The fraction of sp³-hybridized carbons (Fsp3) is 0.556. The predicted octanol–water partition coefficient (Wildman–Crippen LogP) is 2.15. The van der Waals surface area contributed by atoms with Crippen molar-refractivity contribution in [2.75, 3.05) is 6.54 Å². The third kappa shape index (κ3) is 3.50. The summed E-state index contributed by atoms with van der Waals surface area (Å²) >= 11 is 0. The first kappa shape index (κ1) is 17.4. The zero-order valence-corrected chi connectivity index (χ0v) is 15.3. The molecule has 2 aromatic rings. The maximum atomic E-state index is 13.0. The predicted molar refractivity (Wildman–Crippen MR) is 93.5 cm³/mol. The Morgan fingerprint density at radius 2 is 2.08 bits per heavy atom. The first-order valence-electron chi connectivity index (χ1n) is 8.73. The second-order valence-corrected chi connectivity index (χ2v) is 7.06. The van der Waals surface area contributed by atoms with Crippen molar-refractivity contribution in [2.45, 2.75) is 45.1 Å². The van der Waals surface area contributed by atoms with Gasteiger partial charge < -0.3 is 4.90 Å². The van der Waals surface area contributed by atoms with E-state index in [2.05, 4.69) is 24.0 Å². The average Bonchev–Trinajstić information content (AvgIpc) is 3.26. The number of likely N-dealkylation sites (tertiary alicyclic amines) is 1. The van der Waals surface area contributed by atoms with E-state index >= 15 is 0 Å². The molecular weight excluding hydrogens is 318 g/mol. The number of Topliss-reactive ketones (excluding diaryl/α,β-unsaturated/α-hetero) is 1. The number of carbonyl (C=O) groups is 2. The Hall–Kier alpha value is -2.44. The number of amides is 1. The molecule has 3 heterocycles. The molecule has 0 bridgehead atoms. The molecule has 7 heteroatoms. The van der Waals surface area contributed by atoms with Gasteiger partial charge in [-0.25, -0.2) is 0 Å². The molecule has 0 aromatic carbocycles. The second kappa shape index (κ2) is 6.82. The molecule has 0 spiro atoms. The Balaban J connectivity index is 1.75. The van der Waals surface area contributed by atoms with Gasteiger partial charge in [0.15, 0.2) is 5.78 Å². The van der Waals surface area contributed by atoms with Gasteiger partial charge in [0.25, 0.3) is 5.91 Å². The number of aryl methyl sites for hydroxylation is 2. The van der Waals surface area contributed by atoms with Crippen LogP contribution in [0.5, 0.6) is 0 Å². The maximum Gasteiger partial charge on any atom is 0.272 e. The lowest BCUT2D eigenvalue weighted by molar-refractivity contribution is 0.0707. The van der Waals surface area contributed by atoms with Crippen LogP contribution in [0.2, 0.25) is 0 Å². The fourth-order valence-corrected chi connectivity index (χ4v) is 3.33. The first-order chi connectivity index (χ1) is 11.9. The van der Waals surface area contributed by atoms with Crippen LogP contribution < -0.4 is 0 Å². The lowest BCUT2D eigenvalue weighted by atomic mass is 10.0. The van der Waals surface area contributed by atoms with Crippen LogP contribution in [0.4, 0.5) is 0 Å². The molecule has 1 aliphatic heterocycles. The molecule has 25 heavy (non-hydrogen) atoms. The highest BCUT2D eigenvalue weighted by molar-refractivity contribution is 5.97. The normalized spacial score (nSPS) is 17.5. The van der Waals surface area contributed by atoms with Gasteiger partial charge in [-0.1, -0.05) is 13.8 Å². The van der Waals surface area contributed by atoms with E-state index in [0.29, 0.717) is 24.2 Å². The summed E-state index contributed by atoms with van der Waals surface area (Å²) in [5.41, 5.74) is 2.10. The minimum Gasteiger partial charge on any atom is -0.334 e. The van der Waals surface area contributed by atoms with Gasteiger partial charge in [-0.3, -0.25) is 19.0 Å². The van der Waals surface area contributed by atoms with Crippen molar-refractivity contribution in [3.8, 4) is 0 Å². The van der Waals surface area contributed by atoms with E-state index < -0.39 is 0 Å². The van der Waals surface area contributed by atoms with Crippen LogP contribution in [0, 0.1) is 0 Å². The van der Waals surface area contributed by atoms with Crippen LogP contribution in [0.15, 0.2) is 18.5 Å². The van der Waals surface area contributed by atoms with Crippen LogP contribution in [0.1, 0.15) is 65.6 Å². The van der Waals surface area contributed by atoms with Gasteiger partial charge in [0.2, 0.25) is 0 Å². The highest BCUT2D eigenvalue weighted by Gasteiger charge is 2.33. The van der Waals surface area contributed by atoms with Crippen molar-refractivity contribution >= 4 is 11.7 Å². The first-order valence-corrected chi connectivity index (χ1v) is 8.73. The van der Waals surface area contributed by atoms with Gasteiger partial charge in [-0.15, -0.1) is 0 Å². The molecular formula is C18H25N5O2. The summed E-state index contributed by atoms with van der Waals surface area (Å²) in [6.07, 6.45) is 5.42. The monoisotopic (exact) mass is 343 g/mol. The Labute approximate surface area is 147 Å². The Bertz CT molecular complexity index is 789. The van der Waals surface area contributed by atoms with Gasteiger partial charge in [-0.05, 0) is 24.8 Å². The van der Waals surface area contributed by atoms with E-state index in [9.17, 15) is 9.59 Å². The summed E-state index contributed by atoms with van der Waals surface area (Å²) in [4.78, 5) is 27.3. The van der Waals surface area contributed by atoms with Crippen LogP contribution in [-0.2, 0) is 14.1 Å². The molecule has 0 N–H and O–H groups in total. The number of rotatable bonds is 5. The van der Waals surface area contributed by atoms with Crippen molar-refractivity contribution in [1.29, 1.82) is 0 Å². The Morgan fingerprint density at radius 1 is 1.32 bits per heavy atom. The molecule has 0 aliphatic carbocycles. The van der Waals surface area contributed by atoms with Crippen molar-refractivity contribution in [3.63, 3.8) is 0 Å². The van der Waals surface area contributed by atoms with Crippen molar-refractivity contribution in [2.24, 2.45) is 14.1 Å². The third-order valence-electron chi connectivity index (χ3n) is 4.80. The van der Waals surface area contributed by atoms with E-state index in [4.69, 9.17) is 0 Å². The molecule has 1 aliphatic rings. The van der Waals surface area contributed by atoms with E-state index in [1.165, 1.54) is 0 Å². The SMILES string of the molecule is CC(C)c1cc(C(=O)N2CCC[C@@H]2CC(=O)c2cnn(C)c2)n(C)n1. The smallest absolute Gasteiger partial charge is 0.272 e. The van der Waals surface area contributed by atoms with E-state index in [-0.39, 0.29) is 23.7 Å². The fourth-order valence-electron chi connectivity index (χ4n) is 3.33.